The summed E-state index contributed by atoms with van der Waals surface area (Å²) in [6.45, 7) is 0.712. The zero-order valence-corrected chi connectivity index (χ0v) is 14.9. The molecule has 6 nitrogen and oxygen atoms in total. The van der Waals surface area contributed by atoms with E-state index in [4.69, 9.17) is 9.47 Å². The summed E-state index contributed by atoms with van der Waals surface area (Å²) in [5.41, 5.74) is -0.802. The fourth-order valence-corrected chi connectivity index (χ4v) is 3.74. The van der Waals surface area contributed by atoms with Crippen molar-refractivity contribution < 1.29 is 28.6 Å². The van der Waals surface area contributed by atoms with Crippen LogP contribution in [0.4, 0.5) is 4.39 Å². The van der Waals surface area contributed by atoms with E-state index in [0.717, 1.165) is 0 Å². The van der Waals surface area contributed by atoms with Gasteiger partial charge >= 0.3 is 5.97 Å². The molecule has 2 rings (SSSR count). The minimum atomic E-state index is -1.26. The van der Waals surface area contributed by atoms with Gasteiger partial charge in [0.1, 0.15) is 11.4 Å². The molecule has 0 spiro atoms. The van der Waals surface area contributed by atoms with Crippen molar-refractivity contribution in [3.05, 3.63) is 35.1 Å². The predicted molar refractivity (Wildman–Crippen MR) is 92.3 cm³/mol. The molecule has 0 aromatic heterocycles. The molecule has 1 aliphatic rings. The first-order valence-corrected chi connectivity index (χ1v) is 9.13. The second-order valence-corrected chi connectivity index (χ2v) is 7.03. The number of methoxy groups -OCH3 is 1. The van der Waals surface area contributed by atoms with Crippen LogP contribution in [0.5, 0.6) is 0 Å². The summed E-state index contributed by atoms with van der Waals surface area (Å²) < 4.78 is 24.0. The minimum absolute atomic E-state index is 0.0109. The number of amides is 1. The molecule has 1 heterocycles. The van der Waals surface area contributed by atoms with Crippen LogP contribution in [0.3, 0.4) is 0 Å². The fourth-order valence-electron chi connectivity index (χ4n) is 2.55. The lowest BCUT2D eigenvalue weighted by Crippen LogP contribution is -2.56. The van der Waals surface area contributed by atoms with Crippen LogP contribution in [0.15, 0.2) is 18.2 Å². The minimum Gasteiger partial charge on any atom is -0.480 e. The van der Waals surface area contributed by atoms with Gasteiger partial charge in [-0.05, 0) is 42.5 Å². The van der Waals surface area contributed by atoms with Gasteiger partial charge in [0.2, 0.25) is 0 Å². The van der Waals surface area contributed by atoms with Crippen LogP contribution in [0, 0.1) is 5.82 Å². The second kappa shape index (κ2) is 9.17. The number of carbonyl (C=O) groups is 2. The predicted octanol–water partition coefficient (Wildman–Crippen LogP) is 2.07. The Bertz CT molecular complexity index is 619. The van der Waals surface area contributed by atoms with Crippen LogP contribution in [0.25, 0.3) is 0 Å². The number of nitrogens with one attached hydrogen (secondary N) is 1. The standard InChI is InChI=1S/C17H22FNO5S/c1-23-6-7-24-11-13-10-12(2-3-14(13)18)15(20)19-17(16(21)22)4-8-25-9-5-17/h2-3,10H,4-9,11H2,1H3,(H,19,20)(H,21,22). The van der Waals surface area contributed by atoms with Gasteiger partial charge in [0.05, 0.1) is 19.8 Å². The quantitative estimate of drug-likeness (QED) is 0.681. The number of carbonyl (C=O) groups excluding carboxylic acids is 1. The van der Waals surface area contributed by atoms with Crippen LogP contribution in [-0.4, -0.2) is 54.4 Å². The van der Waals surface area contributed by atoms with E-state index in [1.807, 2.05) is 0 Å². The van der Waals surface area contributed by atoms with E-state index in [-0.39, 0.29) is 17.7 Å². The second-order valence-electron chi connectivity index (χ2n) is 5.81. The fraction of sp³-hybridized carbons (Fsp3) is 0.529. The Kier molecular flexibility index (Phi) is 7.22. The number of aliphatic carboxylic acids is 1. The SMILES string of the molecule is COCCOCc1cc(C(=O)NC2(C(=O)O)CCSCC2)ccc1F. The third-order valence-corrected chi connectivity index (χ3v) is 5.09. The van der Waals surface area contributed by atoms with E-state index in [0.29, 0.717) is 37.6 Å². The number of carboxylic acids is 1. The van der Waals surface area contributed by atoms with Crippen molar-refractivity contribution in [3.8, 4) is 0 Å². The summed E-state index contributed by atoms with van der Waals surface area (Å²) in [6, 6.07) is 3.93. The molecule has 0 saturated carbocycles. The van der Waals surface area contributed by atoms with Crippen molar-refractivity contribution >= 4 is 23.6 Å². The Hall–Kier alpha value is -1.64. The van der Waals surface area contributed by atoms with Crippen molar-refractivity contribution in [1.82, 2.24) is 5.32 Å². The van der Waals surface area contributed by atoms with Crippen molar-refractivity contribution in [2.24, 2.45) is 0 Å². The number of hydrogen-bond acceptors (Lipinski definition) is 5. The zero-order chi connectivity index (χ0) is 18.3. The molecule has 1 aromatic rings. The monoisotopic (exact) mass is 371 g/mol. The summed E-state index contributed by atoms with van der Waals surface area (Å²) in [4.78, 5) is 24.1. The van der Waals surface area contributed by atoms with Crippen LogP contribution in [0.1, 0.15) is 28.8 Å². The Morgan fingerprint density at radius 2 is 2.04 bits per heavy atom. The molecule has 0 atom stereocenters. The molecule has 138 valence electrons. The topological polar surface area (TPSA) is 84.9 Å². The number of thioether (sulfide) groups is 1. The van der Waals surface area contributed by atoms with Gasteiger partial charge in [0, 0.05) is 18.2 Å². The van der Waals surface area contributed by atoms with Gasteiger partial charge in [0.25, 0.3) is 5.91 Å². The lowest BCUT2D eigenvalue weighted by molar-refractivity contribution is -0.144. The lowest BCUT2D eigenvalue weighted by Gasteiger charge is -2.33. The van der Waals surface area contributed by atoms with E-state index in [1.165, 1.54) is 25.3 Å². The van der Waals surface area contributed by atoms with E-state index < -0.39 is 23.2 Å². The summed E-state index contributed by atoms with van der Waals surface area (Å²) in [6.07, 6.45) is 0.736. The summed E-state index contributed by atoms with van der Waals surface area (Å²) in [5.74, 6) is -0.682. The van der Waals surface area contributed by atoms with E-state index in [9.17, 15) is 19.1 Å². The highest BCUT2D eigenvalue weighted by molar-refractivity contribution is 7.99. The molecule has 1 aromatic carbocycles. The van der Waals surface area contributed by atoms with Crippen LogP contribution < -0.4 is 5.32 Å². The van der Waals surface area contributed by atoms with Crippen LogP contribution in [0.2, 0.25) is 0 Å². The summed E-state index contributed by atoms with van der Waals surface area (Å²) >= 11 is 1.66. The molecule has 25 heavy (non-hydrogen) atoms. The molecule has 2 N–H and O–H groups in total. The number of hydrogen-bond donors (Lipinski definition) is 2. The first-order chi connectivity index (χ1) is 12.0. The maximum atomic E-state index is 13.9. The van der Waals surface area contributed by atoms with Gasteiger partial charge in [0.15, 0.2) is 0 Å². The van der Waals surface area contributed by atoms with Gasteiger partial charge in [-0.1, -0.05) is 0 Å². The molecule has 1 fully saturated rings. The van der Waals surface area contributed by atoms with Crippen molar-refractivity contribution in [3.63, 3.8) is 0 Å². The third kappa shape index (κ3) is 5.17. The number of carboxylic acid groups (broad SMARTS) is 1. The number of rotatable bonds is 8. The Labute approximate surface area is 150 Å². The van der Waals surface area contributed by atoms with Gasteiger partial charge in [-0.25, -0.2) is 9.18 Å². The van der Waals surface area contributed by atoms with Gasteiger partial charge < -0.3 is 19.9 Å². The van der Waals surface area contributed by atoms with Crippen molar-refractivity contribution in [2.75, 3.05) is 31.8 Å². The molecule has 1 amide bonds. The van der Waals surface area contributed by atoms with E-state index in [2.05, 4.69) is 5.32 Å². The molecule has 0 unspecified atom stereocenters. The Balaban J connectivity index is 2.09. The molecule has 0 radical (unpaired) electrons. The van der Waals surface area contributed by atoms with Crippen LogP contribution in [-0.2, 0) is 20.9 Å². The maximum Gasteiger partial charge on any atom is 0.329 e. The molecule has 1 aliphatic heterocycles. The van der Waals surface area contributed by atoms with Crippen molar-refractivity contribution in [2.45, 2.75) is 25.0 Å². The molecule has 8 heteroatoms. The van der Waals surface area contributed by atoms with E-state index in [1.54, 1.807) is 11.8 Å². The smallest absolute Gasteiger partial charge is 0.329 e. The molecular weight excluding hydrogens is 349 g/mol. The van der Waals surface area contributed by atoms with Gasteiger partial charge in [-0.2, -0.15) is 11.8 Å². The Morgan fingerprint density at radius 3 is 2.68 bits per heavy atom. The molecular formula is C17H22FNO5S. The zero-order valence-electron chi connectivity index (χ0n) is 14.0. The average Bonchev–Trinajstić information content (AvgIpc) is 2.60. The average molecular weight is 371 g/mol. The first kappa shape index (κ1) is 19.7. The number of ether oxygens (including phenoxy) is 2. The highest BCUT2D eigenvalue weighted by Gasteiger charge is 2.41. The molecule has 0 bridgehead atoms. The normalized spacial score (nSPS) is 16.4. The Morgan fingerprint density at radius 1 is 1.32 bits per heavy atom. The lowest BCUT2D eigenvalue weighted by atomic mass is 9.91. The highest BCUT2D eigenvalue weighted by atomic mass is 32.2. The van der Waals surface area contributed by atoms with Crippen molar-refractivity contribution in [1.29, 1.82) is 0 Å². The summed E-state index contributed by atoms with van der Waals surface area (Å²) in [5, 5.41) is 12.2. The molecule has 1 saturated heterocycles. The largest absolute Gasteiger partial charge is 0.480 e. The summed E-state index contributed by atoms with van der Waals surface area (Å²) in [7, 11) is 1.54. The third-order valence-electron chi connectivity index (χ3n) is 4.11. The van der Waals surface area contributed by atoms with Crippen LogP contribution >= 0.6 is 11.8 Å². The van der Waals surface area contributed by atoms with E-state index >= 15 is 0 Å². The first-order valence-electron chi connectivity index (χ1n) is 7.97. The molecule has 0 aliphatic carbocycles. The highest BCUT2D eigenvalue weighted by Crippen LogP contribution is 2.28. The van der Waals surface area contributed by atoms with Gasteiger partial charge in [-0.3, -0.25) is 4.79 Å². The number of halogens is 1. The number of benzene rings is 1. The maximum absolute atomic E-state index is 13.9. The van der Waals surface area contributed by atoms with Gasteiger partial charge in [-0.15, -0.1) is 0 Å².